The van der Waals surface area contributed by atoms with Crippen LogP contribution in [0.25, 0.3) is 0 Å². The number of carbonyl (C=O) groups is 1. The van der Waals surface area contributed by atoms with E-state index in [0.717, 1.165) is 11.1 Å². The highest BCUT2D eigenvalue weighted by Crippen LogP contribution is 2.14. The predicted octanol–water partition coefficient (Wildman–Crippen LogP) is 1.79. The molecule has 1 aromatic carbocycles. The Hall–Kier alpha value is -1.79. The van der Waals surface area contributed by atoms with E-state index >= 15 is 0 Å². The molecular formula is C15H20N2O. The van der Waals surface area contributed by atoms with Gasteiger partial charge in [-0.25, -0.2) is 0 Å². The molecule has 96 valence electrons. The lowest BCUT2D eigenvalue weighted by Crippen LogP contribution is -2.33. The van der Waals surface area contributed by atoms with E-state index in [1.54, 1.807) is 4.90 Å². The predicted molar refractivity (Wildman–Crippen MR) is 74.3 cm³/mol. The Balaban J connectivity index is 3.11. The molecule has 0 spiro atoms. The zero-order valence-electron chi connectivity index (χ0n) is 11.4. The van der Waals surface area contributed by atoms with E-state index in [0.29, 0.717) is 12.1 Å². The molecule has 3 nitrogen and oxygen atoms in total. The number of nitrogens with two attached hydrogens (primary N) is 1. The number of hydrogen-bond acceptors (Lipinski definition) is 2. The SMILES string of the molecule is Cc1ccc(C#CCN)cc1C(=O)N(C)C(C)C. The van der Waals surface area contributed by atoms with Crippen molar-refractivity contribution in [1.82, 2.24) is 4.90 Å². The second-order valence-electron chi connectivity index (χ2n) is 4.55. The third-order valence-corrected chi connectivity index (χ3v) is 2.90. The first kappa shape index (κ1) is 14.3. The molecule has 0 bridgehead atoms. The maximum atomic E-state index is 12.3. The number of benzene rings is 1. The van der Waals surface area contributed by atoms with Crippen LogP contribution < -0.4 is 5.73 Å². The number of hydrogen-bond donors (Lipinski definition) is 1. The second-order valence-corrected chi connectivity index (χ2v) is 4.55. The molecule has 0 aromatic heterocycles. The number of rotatable bonds is 2. The lowest BCUT2D eigenvalue weighted by atomic mass is 10.0. The number of carbonyl (C=O) groups excluding carboxylic acids is 1. The summed E-state index contributed by atoms with van der Waals surface area (Å²) in [5.41, 5.74) is 7.84. The number of aryl methyl sites for hydroxylation is 1. The van der Waals surface area contributed by atoms with Crippen LogP contribution in [0.15, 0.2) is 18.2 Å². The Morgan fingerprint density at radius 3 is 2.67 bits per heavy atom. The molecule has 0 unspecified atom stereocenters. The van der Waals surface area contributed by atoms with Gasteiger partial charge in [0.2, 0.25) is 0 Å². The van der Waals surface area contributed by atoms with Crippen LogP contribution >= 0.6 is 0 Å². The minimum atomic E-state index is 0.0268. The highest BCUT2D eigenvalue weighted by atomic mass is 16.2. The zero-order valence-corrected chi connectivity index (χ0v) is 11.4. The van der Waals surface area contributed by atoms with E-state index in [9.17, 15) is 4.79 Å². The zero-order chi connectivity index (χ0) is 13.7. The van der Waals surface area contributed by atoms with Crippen LogP contribution in [0.3, 0.4) is 0 Å². The summed E-state index contributed by atoms with van der Waals surface area (Å²) in [7, 11) is 1.81. The fraction of sp³-hybridized carbons (Fsp3) is 0.400. The summed E-state index contributed by atoms with van der Waals surface area (Å²) in [5.74, 6) is 5.77. The van der Waals surface area contributed by atoms with Crippen molar-refractivity contribution in [2.24, 2.45) is 5.73 Å². The number of amides is 1. The maximum Gasteiger partial charge on any atom is 0.254 e. The molecule has 1 amide bonds. The molecule has 1 rings (SSSR count). The monoisotopic (exact) mass is 244 g/mol. The Labute approximate surface area is 109 Å². The van der Waals surface area contributed by atoms with E-state index in [-0.39, 0.29) is 11.9 Å². The molecular weight excluding hydrogens is 224 g/mol. The average Bonchev–Trinajstić information content (AvgIpc) is 2.36. The van der Waals surface area contributed by atoms with Gasteiger partial charge in [0.15, 0.2) is 0 Å². The lowest BCUT2D eigenvalue weighted by molar-refractivity contribution is 0.0754. The van der Waals surface area contributed by atoms with Crippen molar-refractivity contribution in [3.8, 4) is 11.8 Å². The van der Waals surface area contributed by atoms with Gasteiger partial charge in [0.1, 0.15) is 0 Å². The highest BCUT2D eigenvalue weighted by molar-refractivity contribution is 5.96. The van der Waals surface area contributed by atoms with Crippen molar-refractivity contribution in [3.05, 3.63) is 34.9 Å². The van der Waals surface area contributed by atoms with Crippen molar-refractivity contribution in [3.63, 3.8) is 0 Å². The summed E-state index contributed by atoms with van der Waals surface area (Å²) in [6.07, 6.45) is 0. The first-order valence-electron chi connectivity index (χ1n) is 6.04. The highest BCUT2D eigenvalue weighted by Gasteiger charge is 2.16. The molecule has 0 heterocycles. The van der Waals surface area contributed by atoms with Gasteiger partial charge in [0.05, 0.1) is 6.54 Å². The van der Waals surface area contributed by atoms with Crippen LogP contribution in [0.2, 0.25) is 0 Å². The quantitative estimate of drug-likeness (QED) is 0.806. The fourth-order valence-electron chi connectivity index (χ4n) is 1.51. The van der Waals surface area contributed by atoms with Crippen LogP contribution in [0.1, 0.15) is 35.3 Å². The second kappa shape index (κ2) is 6.23. The van der Waals surface area contributed by atoms with E-state index in [4.69, 9.17) is 5.73 Å². The van der Waals surface area contributed by atoms with Crippen LogP contribution in [-0.2, 0) is 0 Å². The molecule has 0 saturated heterocycles. The summed E-state index contributed by atoms with van der Waals surface area (Å²) >= 11 is 0. The van der Waals surface area contributed by atoms with Crippen molar-refractivity contribution in [2.45, 2.75) is 26.8 Å². The topological polar surface area (TPSA) is 46.3 Å². The molecule has 0 aliphatic rings. The van der Waals surface area contributed by atoms with Gasteiger partial charge in [-0.3, -0.25) is 4.79 Å². The molecule has 0 aliphatic heterocycles. The third-order valence-electron chi connectivity index (χ3n) is 2.90. The van der Waals surface area contributed by atoms with Gasteiger partial charge in [-0.15, -0.1) is 0 Å². The lowest BCUT2D eigenvalue weighted by Gasteiger charge is -2.22. The van der Waals surface area contributed by atoms with Gasteiger partial charge in [0, 0.05) is 24.2 Å². The van der Waals surface area contributed by atoms with Gasteiger partial charge in [-0.1, -0.05) is 17.9 Å². The molecule has 3 heteroatoms. The van der Waals surface area contributed by atoms with Crippen LogP contribution in [0, 0.1) is 18.8 Å². The molecule has 2 N–H and O–H groups in total. The van der Waals surface area contributed by atoms with Gasteiger partial charge in [-0.2, -0.15) is 0 Å². The summed E-state index contributed by atoms with van der Waals surface area (Å²) in [4.78, 5) is 14.0. The molecule has 0 saturated carbocycles. The van der Waals surface area contributed by atoms with E-state index in [1.165, 1.54) is 0 Å². The average molecular weight is 244 g/mol. The molecule has 0 fully saturated rings. The Kier molecular flexibility index (Phi) is 4.94. The molecule has 18 heavy (non-hydrogen) atoms. The van der Waals surface area contributed by atoms with Gasteiger partial charge >= 0.3 is 0 Å². The van der Waals surface area contributed by atoms with E-state index in [2.05, 4.69) is 11.8 Å². The van der Waals surface area contributed by atoms with E-state index < -0.39 is 0 Å². The summed E-state index contributed by atoms with van der Waals surface area (Å²) in [6, 6.07) is 5.83. The van der Waals surface area contributed by atoms with Crippen molar-refractivity contribution in [2.75, 3.05) is 13.6 Å². The molecule has 1 aromatic rings. The van der Waals surface area contributed by atoms with Gasteiger partial charge < -0.3 is 10.6 Å². The van der Waals surface area contributed by atoms with Gasteiger partial charge in [-0.05, 0) is 38.5 Å². The largest absolute Gasteiger partial charge is 0.339 e. The molecule has 0 radical (unpaired) electrons. The number of nitrogens with zero attached hydrogens (tertiary/aromatic N) is 1. The first-order valence-corrected chi connectivity index (χ1v) is 6.04. The Morgan fingerprint density at radius 1 is 1.44 bits per heavy atom. The standard InChI is InChI=1S/C15H20N2O/c1-11(2)17(4)15(18)14-10-13(6-5-9-16)8-7-12(14)3/h7-8,10-11H,9,16H2,1-4H3. The summed E-state index contributed by atoms with van der Waals surface area (Å²) in [5, 5.41) is 0. The van der Waals surface area contributed by atoms with Crippen molar-refractivity contribution >= 4 is 5.91 Å². The molecule has 0 atom stereocenters. The minimum absolute atomic E-state index is 0.0268. The summed E-state index contributed by atoms with van der Waals surface area (Å²) < 4.78 is 0. The third kappa shape index (κ3) is 3.35. The maximum absolute atomic E-state index is 12.3. The van der Waals surface area contributed by atoms with E-state index in [1.807, 2.05) is 46.0 Å². The Morgan fingerprint density at radius 2 is 2.11 bits per heavy atom. The summed E-state index contributed by atoms with van der Waals surface area (Å²) in [6.45, 7) is 6.24. The first-order chi connectivity index (χ1) is 8.47. The van der Waals surface area contributed by atoms with Crippen LogP contribution in [-0.4, -0.2) is 30.4 Å². The van der Waals surface area contributed by atoms with Gasteiger partial charge in [0.25, 0.3) is 5.91 Å². The normalized spacial score (nSPS) is 9.89. The fourth-order valence-corrected chi connectivity index (χ4v) is 1.51. The molecule has 0 aliphatic carbocycles. The Bertz CT molecular complexity index is 495. The van der Waals surface area contributed by atoms with Crippen molar-refractivity contribution in [1.29, 1.82) is 0 Å². The smallest absolute Gasteiger partial charge is 0.254 e. The minimum Gasteiger partial charge on any atom is -0.339 e. The van der Waals surface area contributed by atoms with Crippen molar-refractivity contribution < 1.29 is 4.79 Å². The van der Waals surface area contributed by atoms with Crippen LogP contribution in [0.4, 0.5) is 0 Å². The van der Waals surface area contributed by atoms with Crippen LogP contribution in [0.5, 0.6) is 0 Å².